The summed E-state index contributed by atoms with van der Waals surface area (Å²) in [6, 6.07) is 11.3. The molecule has 2 aliphatic rings. The number of carbonyl (C=O) groups excluding carboxylic acids is 2. The molecule has 2 N–H and O–H groups in total. The number of nitrogens with zero attached hydrogens (tertiary/aromatic N) is 7. The summed E-state index contributed by atoms with van der Waals surface area (Å²) in [5.41, 5.74) is 2.84. The van der Waals surface area contributed by atoms with E-state index >= 15 is 0 Å². The molecule has 4 heterocycles. The number of H-pyrrole nitrogens is 1. The van der Waals surface area contributed by atoms with Gasteiger partial charge in [0.25, 0.3) is 5.91 Å². The molecule has 254 valence electrons. The van der Waals surface area contributed by atoms with Gasteiger partial charge in [0.05, 0.1) is 32.4 Å². The summed E-state index contributed by atoms with van der Waals surface area (Å²) in [6.45, 7) is 6.94. The number of amides is 2. The Balaban J connectivity index is 1.38. The molecular formula is C34H43N9O5. The zero-order valence-electron chi connectivity index (χ0n) is 28.0. The molecule has 0 radical (unpaired) electrons. The molecule has 1 saturated heterocycles. The van der Waals surface area contributed by atoms with Crippen molar-refractivity contribution in [2.75, 3.05) is 72.0 Å². The van der Waals surface area contributed by atoms with Crippen LogP contribution in [0.4, 0.5) is 5.82 Å². The molecule has 2 aliphatic heterocycles. The molecule has 1 fully saturated rings. The van der Waals surface area contributed by atoms with Gasteiger partial charge < -0.3 is 29.3 Å². The summed E-state index contributed by atoms with van der Waals surface area (Å²) in [6.07, 6.45) is 2.21. The summed E-state index contributed by atoms with van der Waals surface area (Å²) in [5.74, 6) is 2.88. The second kappa shape index (κ2) is 14.8. The first-order valence-corrected chi connectivity index (χ1v) is 16.4. The summed E-state index contributed by atoms with van der Waals surface area (Å²) in [4.78, 5) is 38.9. The number of pyridine rings is 1. The third-order valence-electron chi connectivity index (χ3n) is 9.25. The number of rotatable bonds is 6. The maximum atomic E-state index is 14.1. The summed E-state index contributed by atoms with van der Waals surface area (Å²) >= 11 is 0. The molecule has 2 aromatic carbocycles. The van der Waals surface area contributed by atoms with Gasteiger partial charge in [-0.15, -0.1) is 10.2 Å². The predicted octanol–water partition coefficient (Wildman–Crippen LogP) is 3.14. The topological polar surface area (TPSA) is 151 Å². The van der Waals surface area contributed by atoms with E-state index in [0.29, 0.717) is 60.4 Å². The molecule has 2 bridgehead atoms. The molecular weight excluding hydrogens is 614 g/mol. The highest BCUT2D eigenvalue weighted by molar-refractivity contribution is 6.00. The lowest BCUT2D eigenvalue weighted by atomic mass is 9.97. The van der Waals surface area contributed by atoms with E-state index in [2.05, 4.69) is 48.7 Å². The van der Waals surface area contributed by atoms with Gasteiger partial charge in [-0.1, -0.05) is 25.1 Å². The normalized spacial score (nSPS) is 18.0. The van der Waals surface area contributed by atoms with Gasteiger partial charge in [-0.3, -0.25) is 14.5 Å². The molecule has 2 aromatic heterocycles. The zero-order chi connectivity index (χ0) is 33.6. The van der Waals surface area contributed by atoms with E-state index in [1.165, 1.54) is 0 Å². The van der Waals surface area contributed by atoms with Crippen molar-refractivity contribution in [1.29, 1.82) is 0 Å². The Kier molecular flexibility index (Phi) is 10.2. The maximum Gasteiger partial charge on any atom is 0.254 e. The van der Waals surface area contributed by atoms with Crippen LogP contribution in [-0.4, -0.2) is 114 Å². The van der Waals surface area contributed by atoms with E-state index in [9.17, 15) is 9.59 Å². The molecule has 6 rings (SSSR count). The number of likely N-dealkylation sites (N-methyl/N-ethyl adjacent to an activating group) is 1. The number of aromatic nitrogens is 5. The highest BCUT2D eigenvalue weighted by Gasteiger charge is 2.28. The summed E-state index contributed by atoms with van der Waals surface area (Å²) in [7, 11) is 4.82. The lowest BCUT2D eigenvalue weighted by molar-refractivity contribution is -0.121. The van der Waals surface area contributed by atoms with Gasteiger partial charge in [-0.25, -0.2) is 4.98 Å². The Labute approximate surface area is 279 Å². The highest BCUT2D eigenvalue weighted by atomic mass is 16.5. The molecule has 14 heteroatoms. The maximum absolute atomic E-state index is 14.1. The second-order valence-electron chi connectivity index (χ2n) is 12.1. The Morgan fingerprint density at radius 1 is 1.02 bits per heavy atom. The van der Waals surface area contributed by atoms with Gasteiger partial charge in [-0.2, -0.15) is 5.21 Å². The Morgan fingerprint density at radius 2 is 1.85 bits per heavy atom. The number of hydrogen-bond donors (Lipinski definition) is 2. The van der Waals surface area contributed by atoms with Crippen molar-refractivity contribution in [1.82, 2.24) is 40.7 Å². The van der Waals surface area contributed by atoms with Crippen molar-refractivity contribution < 1.29 is 23.8 Å². The quantitative estimate of drug-likeness (QED) is 0.315. The molecule has 48 heavy (non-hydrogen) atoms. The Bertz CT molecular complexity index is 1750. The third kappa shape index (κ3) is 6.84. The zero-order valence-corrected chi connectivity index (χ0v) is 28.0. The van der Waals surface area contributed by atoms with Crippen LogP contribution in [0.2, 0.25) is 0 Å². The Morgan fingerprint density at radius 3 is 2.60 bits per heavy atom. The summed E-state index contributed by atoms with van der Waals surface area (Å²) in [5, 5.41) is 18.3. The molecule has 0 spiro atoms. The van der Waals surface area contributed by atoms with Crippen LogP contribution in [0.3, 0.4) is 0 Å². The largest absolute Gasteiger partial charge is 0.493 e. The van der Waals surface area contributed by atoms with Crippen LogP contribution in [0.25, 0.3) is 22.3 Å². The van der Waals surface area contributed by atoms with E-state index in [1.54, 1.807) is 38.4 Å². The number of nitrogens with one attached hydrogen (secondary N) is 2. The fourth-order valence-corrected chi connectivity index (χ4v) is 6.70. The number of carbonyl (C=O) groups is 2. The molecule has 0 aliphatic carbocycles. The number of ether oxygens (including phenoxy) is 3. The van der Waals surface area contributed by atoms with Crippen molar-refractivity contribution in [2.45, 2.75) is 32.7 Å². The minimum Gasteiger partial charge on any atom is -0.493 e. The van der Waals surface area contributed by atoms with Gasteiger partial charge >= 0.3 is 0 Å². The van der Waals surface area contributed by atoms with Gasteiger partial charge in [0, 0.05) is 74.8 Å². The predicted molar refractivity (Wildman–Crippen MR) is 180 cm³/mol. The van der Waals surface area contributed by atoms with Crippen LogP contribution in [-0.2, 0) is 11.3 Å². The number of methoxy groups -OCH3 is 3. The van der Waals surface area contributed by atoms with E-state index in [0.717, 1.165) is 54.8 Å². The SMILES string of the molecule is CCN1CCN(C(=O)c2ccccc2-c2nn[nH]n2)CCC(=O)NCC2CCCN(C2)c2nc3cc(OC)c(OC)c(OC)c3cc2C1. The fourth-order valence-electron chi connectivity index (χ4n) is 6.70. The molecule has 0 saturated carbocycles. The first-order valence-electron chi connectivity index (χ1n) is 16.4. The number of tetrazole rings is 1. The van der Waals surface area contributed by atoms with Crippen molar-refractivity contribution in [3.63, 3.8) is 0 Å². The average Bonchev–Trinajstić information content (AvgIpc) is 3.67. The third-order valence-corrected chi connectivity index (χ3v) is 9.25. The molecule has 14 nitrogen and oxygen atoms in total. The number of aromatic amines is 1. The first kappa shape index (κ1) is 32.9. The lowest BCUT2D eigenvalue weighted by Crippen LogP contribution is -2.42. The van der Waals surface area contributed by atoms with E-state index in [-0.39, 0.29) is 30.7 Å². The van der Waals surface area contributed by atoms with Crippen molar-refractivity contribution in [2.24, 2.45) is 5.92 Å². The monoisotopic (exact) mass is 657 g/mol. The molecule has 2 amide bonds. The second-order valence-corrected chi connectivity index (χ2v) is 12.1. The number of benzene rings is 2. The highest BCUT2D eigenvalue weighted by Crippen LogP contribution is 2.44. The minimum atomic E-state index is -0.190. The standard InChI is InChI=1S/C34H43N9O5/c1-5-41-15-16-42(34(45)25-11-7-6-10-24(25)32-37-39-40-38-32)14-12-29(44)35-19-22-9-8-13-43(20-22)33-23(21-41)17-26-27(36-33)18-28(46-2)31(48-4)30(26)47-3/h6-7,10-11,17-18,22H,5,8-9,12-16,19-21H2,1-4H3,(H,35,44)(H,37,38,39,40). The Hall–Kier alpha value is -4.98. The molecule has 1 unspecified atom stereocenters. The first-order chi connectivity index (χ1) is 23.4. The van der Waals surface area contributed by atoms with E-state index in [1.807, 2.05) is 18.2 Å². The van der Waals surface area contributed by atoms with Crippen LogP contribution in [0.5, 0.6) is 17.2 Å². The van der Waals surface area contributed by atoms with Gasteiger partial charge in [0.15, 0.2) is 11.5 Å². The molecule has 1 atom stereocenters. The van der Waals surface area contributed by atoms with Crippen LogP contribution in [0.1, 0.15) is 42.1 Å². The minimum absolute atomic E-state index is 0.0729. The van der Waals surface area contributed by atoms with Crippen molar-refractivity contribution in [3.05, 3.63) is 47.5 Å². The van der Waals surface area contributed by atoms with Crippen molar-refractivity contribution >= 4 is 28.5 Å². The number of fused-ring (bicyclic) bond motifs is 5. The summed E-state index contributed by atoms with van der Waals surface area (Å²) < 4.78 is 17.2. The van der Waals surface area contributed by atoms with E-state index < -0.39 is 0 Å². The lowest BCUT2D eigenvalue weighted by Gasteiger charge is -2.35. The van der Waals surface area contributed by atoms with Gasteiger partial charge in [0.1, 0.15) is 5.82 Å². The van der Waals surface area contributed by atoms with Gasteiger partial charge in [0.2, 0.25) is 17.5 Å². The van der Waals surface area contributed by atoms with Crippen LogP contribution < -0.4 is 24.4 Å². The fraction of sp³-hybridized carbons (Fsp3) is 0.471. The number of hydrogen-bond acceptors (Lipinski definition) is 11. The van der Waals surface area contributed by atoms with E-state index in [4.69, 9.17) is 19.2 Å². The van der Waals surface area contributed by atoms with Crippen molar-refractivity contribution in [3.8, 4) is 28.6 Å². The average molecular weight is 658 g/mol. The smallest absolute Gasteiger partial charge is 0.254 e. The molecule has 4 aromatic rings. The van der Waals surface area contributed by atoms with Gasteiger partial charge in [-0.05, 0) is 42.7 Å². The van der Waals surface area contributed by atoms with Crippen LogP contribution >= 0.6 is 0 Å². The number of anilines is 1. The number of piperidine rings is 1. The van der Waals surface area contributed by atoms with Crippen LogP contribution in [0, 0.1) is 5.92 Å². The van der Waals surface area contributed by atoms with Crippen LogP contribution in [0.15, 0.2) is 36.4 Å².